The van der Waals surface area contributed by atoms with Crippen molar-refractivity contribution in [3.8, 4) is 0 Å². The predicted octanol–water partition coefficient (Wildman–Crippen LogP) is 3.37. The number of aromatic amines is 1. The fraction of sp³-hybridized carbons (Fsp3) is 0.391. The molecule has 3 heterocycles. The number of ether oxygens (including phenoxy) is 1. The number of carbonyl (C=O) groups excluding carboxylic acids is 1. The molecule has 6 nitrogen and oxygen atoms in total. The molecule has 0 atom stereocenters. The summed E-state index contributed by atoms with van der Waals surface area (Å²) < 4.78 is 19.5. The number of carbonyl (C=O) groups is 1. The van der Waals surface area contributed by atoms with Crippen molar-refractivity contribution in [3.63, 3.8) is 0 Å². The molecule has 30 heavy (non-hydrogen) atoms. The number of nitrogens with one attached hydrogen (secondary N) is 1. The van der Waals surface area contributed by atoms with Gasteiger partial charge >= 0.3 is 0 Å². The minimum absolute atomic E-state index is 0.0115. The van der Waals surface area contributed by atoms with Gasteiger partial charge in [-0.25, -0.2) is 4.39 Å². The number of hydrogen-bond acceptors (Lipinski definition) is 4. The van der Waals surface area contributed by atoms with Gasteiger partial charge in [-0.05, 0) is 42.0 Å². The molecule has 1 fully saturated rings. The average Bonchev–Trinajstić information content (AvgIpc) is 3.22. The number of hydrogen-bond donors (Lipinski definition) is 2. The SMILES string of the molecule is COCCc1nccc2[nH]cc(C(=O)N3CCC(c4cc(CN)ccc4F)CC3)c12. The van der Waals surface area contributed by atoms with Crippen molar-refractivity contribution in [3.05, 3.63) is 64.9 Å². The minimum Gasteiger partial charge on any atom is -0.384 e. The Morgan fingerprint density at radius 1 is 1.33 bits per heavy atom. The Balaban J connectivity index is 1.51. The lowest BCUT2D eigenvalue weighted by atomic mass is 9.88. The van der Waals surface area contributed by atoms with E-state index in [1.165, 1.54) is 6.07 Å². The van der Waals surface area contributed by atoms with Gasteiger partial charge in [0.05, 0.1) is 17.9 Å². The molecule has 1 amide bonds. The predicted molar refractivity (Wildman–Crippen MR) is 114 cm³/mol. The molecular weight excluding hydrogens is 383 g/mol. The zero-order valence-electron chi connectivity index (χ0n) is 17.2. The Morgan fingerprint density at radius 2 is 2.13 bits per heavy atom. The Morgan fingerprint density at radius 3 is 2.87 bits per heavy atom. The first-order valence-corrected chi connectivity index (χ1v) is 10.3. The Kier molecular flexibility index (Phi) is 6.11. The maximum atomic E-state index is 14.3. The summed E-state index contributed by atoms with van der Waals surface area (Å²) in [7, 11) is 1.65. The van der Waals surface area contributed by atoms with Gasteiger partial charge in [-0.2, -0.15) is 0 Å². The molecule has 0 saturated carbocycles. The number of rotatable bonds is 6. The lowest BCUT2D eigenvalue weighted by molar-refractivity contribution is 0.0714. The lowest BCUT2D eigenvalue weighted by Crippen LogP contribution is -2.38. The monoisotopic (exact) mass is 410 g/mol. The van der Waals surface area contributed by atoms with E-state index < -0.39 is 0 Å². The van der Waals surface area contributed by atoms with Crippen LogP contribution in [-0.2, 0) is 17.7 Å². The molecule has 4 rings (SSSR count). The Hall–Kier alpha value is -2.77. The molecule has 1 aromatic carbocycles. The maximum Gasteiger partial charge on any atom is 0.256 e. The van der Waals surface area contributed by atoms with Crippen molar-refractivity contribution >= 4 is 16.8 Å². The molecule has 7 heteroatoms. The third kappa shape index (κ3) is 3.95. The maximum absolute atomic E-state index is 14.3. The quantitative estimate of drug-likeness (QED) is 0.653. The van der Waals surface area contributed by atoms with Gasteiger partial charge in [-0.1, -0.05) is 12.1 Å². The van der Waals surface area contributed by atoms with E-state index in [0.29, 0.717) is 43.8 Å². The van der Waals surface area contributed by atoms with Crippen LogP contribution in [0.15, 0.2) is 36.7 Å². The minimum atomic E-state index is -0.192. The van der Waals surface area contributed by atoms with E-state index in [1.807, 2.05) is 17.0 Å². The second kappa shape index (κ2) is 8.93. The second-order valence-electron chi connectivity index (χ2n) is 7.75. The van der Waals surface area contributed by atoms with Crippen LogP contribution in [0.1, 0.15) is 45.9 Å². The van der Waals surface area contributed by atoms with E-state index in [-0.39, 0.29) is 17.6 Å². The van der Waals surface area contributed by atoms with Crippen LogP contribution in [0, 0.1) is 5.82 Å². The molecule has 1 aliphatic heterocycles. The molecule has 2 aromatic heterocycles. The van der Waals surface area contributed by atoms with Crippen LogP contribution in [0.3, 0.4) is 0 Å². The first kappa shape index (κ1) is 20.5. The number of amides is 1. The van der Waals surface area contributed by atoms with Gasteiger partial charge in [0, 0.05) is 56.5 Å². The summed E-state index contributed by atoms with van der Waals surface area (Å²) in [6.07, 6.45) is 5.61. The molecule has 3 aromatic rings. The highest BCUT2D eigenvalue weighted by atomic mass is 19.1. The molecule has 0 unspecified atom stereocenters. The summed E-state index contributed by atoms with van der Waals surface area (Å²) in [5.41, 5.74) is 9.74. The zero-order chi connectivity index (χ0) is 21.1. The van der Waals surface area contributed by atoms with E-state index in [0.717, 1.165) is 35.0 Å². The topological polar surface area (TPSA) is 84.2 Å². The third-order valence-corrected chi connectivity index (χ3v) is 5.96. The van der Waals surface area contributed by atoms with Gasteiger partial charge < -0.3 is 20.4 Å². The highest BCUT2D eigenvalue weighted by Crippen LogP contribution is 2.32. The Labute approximate surface area is 175 Å². The number of piperidine rings is 1. The molecule has 0 aliphatic carbocycles. The summed E-state index contributed by atoms with van der Waals surface area (Å²) in [6.45, 7) is 2.13. The van der Waals surface area contributed by atoms with Crippen molar-refractivity contribution in [1.82, 2.24) is 14.9 Å². The van der Waals surface area contributed by atoms with E-state index in [4.69, 9.17) is 10.5 Å². The fourth-order valence-corrected chi connectivity index (χ4v) is 4.30. The summed E-state index contributed by atoms with van der Waals surface area (Å²) >= 11 is 0. The summed E-state index contributed by atoms with van der Waals surface area (Å²) in [6, 6.07) is 6.96. The number of fused-ring (bicyclic) bond motifs is 1. The second-order valence-corrected chi connectivity index (χ2v) is 7.75. The number of likely N-dealkylation sites (tertiary alicyclic amines) is 1. The Bertz CT molecular complexity index is 1040. The van der Waals surface area contributed by atoms with Crippen LogP contribution in [0.25, 0.3) is 10.9 Å². The van der Waals surface area contributed by atoms with Crippen molar-refractivity contribution in [2.24, 2.45) is 5.73 Å². The average molecular weight is 410 g/mol. The third-order valence-electron chi connectivity index (χ3n) is 5.96. The standard InChI is InChI=1S/C23H27FN4O2/c1-30-11-7-21-22-18(14-27-20(22)4-8-26-21)23(29)28-9-5-16(6-10-28)17-12-15(13-25)2-3-19(17)24/h2-4,8,12,14,16,27H,5-7,9-11,13,25H2,1H3. The number of methoxy groups -OCH3 is 1. The van der Waals surface area contributed by atoms with Crippen molar-refractivity contribution < 1.29 is 13.9 Å². The van der Waals surface area contributed by atoms with E-state index in [9.17, 15) is 9.18 Å². The van der Waals surface area contributed by atoms with E-state index in [2.05, 4.69) is 9.97 Å². The number of halogens is 1. The molecule has 158 valence electrons. The zero-order valence-corrected chi connectivity index (χ0v) is 17.2. The molecule has 1 aliphatic rings. The summed E-state index contributed by atoms with van der Waals surface area (Å²) in [4.78, 5) is 22.8. The molecule has 1 saturated heterocycles. The van der Waals surface area contributed by atoms with Gasteiger partial charge in [0.1, 0.15) is 5.82 Å². The van der Waals surface area contributed by atoms with E-state index in [1.54, 1.807) is 25.6 Å². The van der Waals surface area contributed by atoms with Crippen LogP contribution in [0.2, 0.25) is 0 Å². The first-order valence-electron chi connectivity index (χ1n) is 10.3. The van der Waals surface area contributed by atoms with Crippen molar-refractivity contribution in [2.45, 2.75) is 31.7 Å². The fourth-order valence-electron chi connectivity index (χ4n) is 4.30. The molecular formula is C23H27FN4O2. The van der Waals surface area contributed by atoms with Crippen LogP contribution >= 0.6 is 0 Å². The van der Waals surface area contributed by atoms with E-state index >= 15 is 0 Å². The van der Waals surface area contributed by atoms with Gasteiger partial charge in [0.25, 0.3) is 5.91 Å². The largest absolute Gasteiger partial charge is 0.384 e. The molecule has 0 bridgehead atoms. The number of benzene rings is 1. The van der Waals surface area contributed by atoms with Gasteiger partial charge in [-0.15, -0.1) is 0 Å². The van der Waals surface area contributed by atoms with Gasteiger partial charge in [-0.3, -0.25) is 9.78 Å². The number of H-pyrrole nitrogens is 1. The van der Waals surface area contributed by atoms with Crippen LogP contribution in [0.4, 0.5) is 4.39 Å². The summed E-state index contributed by atoms with van der Waals surface area (Å²) in [5.74, 6) is -0.104. The molecule has 0 spiro atoms. The molecule has 0 radical (unpaired) electrons. The van der Waals surface area contributed by atoms with Crippen LogP contribution < -0.4 is 5.73 Å². The smallest absolute Gasteiger partial charge is 0.256 e. The normalized spacial score (nSPS) is 15.1. The van der Waals surface area contributed by atoms with Crippen molar-refractivity contribution in [1.29, 1.82) is 0 Å². The van der Waals surface area contributed by atoms with Crippen LogP contribution in [-0.4, -0.2) is 47.6 Å². The van der Waals surface area contributed by atoms with Gasteiger partial charge in [0.2, 0.25) is 0 Å². The van der Waals surface area contributed by atoms with Gasteiger partial charge in [0.15, 0.2) is 0 Å². The molecule has 3 N–H and O–H groups in total. The number of aromatic nitrogens is 2. The highest BCUT2D eigenvalue weighted by molar-refractivity contribution is 6.07. The summed E-state index contributed by atoms with van der Waals surface area (Å²) in [5, 5.41) is 0.864. The number of nitrogens with zero attached hydrogens (tertiary/aromatic N) is 2. The number of pyridine rings is 1. The highest BCUT2D eigenvalue weighted by Gasteiger charge is 2.28. The van der Waals surface area contributed by atoms with Crippen molar-refractivity contribution in [2.75, 3.05) is 26.8 Å². The lowest BCUT2D eigenvalue weighted by Gasteiger charge is -2.32. The number of nitrogens with two attached hydrogens (primary N) is 1. The first-order chi connectivity index (χ1) is 14.6. The van der Waals surface area contributed by atoms with Crippen LogP contribution in [0.5, 0.6) is 0 Å².